The molecule has 0 amide bonds. The van der Waals surface area contributed by atoms with Crippen molar-refractivity contribution in [1.82, 2.24) is 4.90 Å². The standard InChI is InChI=1S/C35H47NO6/c1-20(37)42-23-10-13-34(2)22(17-23)6-7-24-25-8-9-27(35(25,3)14-11-26(24)34)29(38)18-28-31-21(12-15-36(28)4)16-30-32(33(31)39-5)41-19-40-30/h6,16,23-28H,7-15,17-19H2,1-5H3/t23-,24-,25+,26+,27-,28-,34-,35-/m0/s1. The van der Waals surface area contributed by atoms with Crippen LogP contribution >= 0.6 is 0 Å². The van der Waals surface area contributed by atoms with Crippen LogP contribution in [0.1, 0.15) is 95.7 Å². The van der Waals surface area contributed by atoms with E-state index in [9.17, 15) is 9.59 Å². The normalized spacial score (nSPS) is 38.5. The molecule has 7 nitrogen and oxygen atoms in total. The van der Waals surface area contributed by atoms with Gasteiger partial charge in [-0.3, -0.25) is 14.5 Å². The van der Waals surface area contributed by atoms with E-state index in [1.807, 2.05) is 0 Å². The Morgan fingerprint density at radius 2 is 1.93 bits per heavy atom. The van der Waals surface area contributed by atoms with E-state index in [1.165, 1.54) is 24.5 Å². The van der Waals surface area contributed by atoms with E-state index in [2.05, 4.69) is 37.9 Å². The Bertz CT molecular complexity index is 1320. The van der Waals surface area contributed by atoms with Crippen molar-refractivity contribution >= 4 is 11.8 Å². The number of benzene rings is 1. The molecule has 3 saturated carbocycles. The van der Waals surface area contributed by atoms with Crippen molar-refractivity contribution in [2.75, 3.05) is 27.5 Å². The average molecular weight is 578 g/mol. The summed E-state index contributed by atoms with van der Waals surface area (Å²) in [6.07, 6.45) is 12.5. The van der Waals surface area contributed by atoms with E-state index in [0.29, 0.717) is 35.7 Å². The number of carbonyl (C=O) groups excluding carboxylic acids is 2. The van der Waals surface area contributed by atoms with E-state index in [-0.39, 0.29) is 41.7 Å². The van der Waals surface area contributed by atoms with Crippen molar-refractivity contribution in [3.8, 4) is 17.2 Å². The number of carbonyl (C=O) groups is 2. The van der Waals surface area contributed by atoms with Crippen LogP contribution in [0.25, 0.3) is 0 Å². The molecule has 42 heavy (non-hydrogen) atoms. The van der Waals surface area contributed by atoms with Crippen LogP contribution in [-0.4, -0.2) is 50.3 Å². The van der Waals surface area contributed by atoms with Crippen LogP contribution < -0.4 is 14.2 Å². The van der Waals surface area contributed by atoms with Crippen molar-refractivity contribution in [2.24, 2.45) is 34.5 Å². The van der Waals surface area contributed by atoms with Crippen LogP contribution in [0.2, 0.25) is 0 Å². The van der Waals surface area contributed by atoms with Gasteiger partial charge in [-0.05, 0) is 98.6 Å². The molecule has 0 radical (unpaired) electrons. The molecular formula is C35H47NO6. The largest absolute Gasteiger partial charge is 0.492 e. The second kappa shape index (κ2) is 10.3. The minimum atomic E-state index is -0.166. The van der Waals surface area contributed by atoms with Gasteiger partial charge in [-0.15, -0.1) is 0 Å². The number of esters is 1. The van der Waals surface area contributed by atoms with Gasteiger partial charge in [0.2, 0.25) is 12.5 Å². The molecule has 7 heteroatoms. The fraction of sp³-hybridized carbons (Fsp3) is 0.714. The van der Waals surface area contributed by atoms with E-state index < -0.39 is 0 Å². The molecule has 0 unspecified atom stereocenters. The zero-order chi connectivity index (χ0) is 29.4. The lowest BCUT2D eigenvalue weighted by Gasteiger charge is -2.58. The first-order chi connectivity index (χ1) is 20.1. The molecule has 4 aliphatic carbocycles. The summed E-state index contributed by atoms with van der Waals surface area (Å²) in [5.41, 5.74) is 4.09. The Morgan fingerprint density at radius 1 is 1.10 bits per heavy atom. The SMILES string of the molecule is COc1c2c(cc3c1[C@H](CC(=O)[C@@H]1CC[C@@H]4[C@@H]5CC=C6C[C@@H](OC(C)=O)CC[C@]6(C)[C@@H]5CC[C@@]41C)N(C)CC3)OCO2. The number of nitrogens with zero attached hydrogens (tertiary/aromatic N) is 1. The van der Waals surface area contributed by atoms with Gasteiger partial charge in [0.15, 0.2) is 11.5 Å². The summed E-state index contributed by atoms with van der Waals surface area (Å²) >= 11 is 0. The fourth-order valence-corrected chi connectivity index (χ4v) is 10.6. The number of rotatable bonds is 5. The maximum Gasteiger partial charge on any atom is 0.302 e. The number of hydrogen-bond acceptors (Lipinski definition) is 7. The predicted octanol–water partition coefficient (Wildman–Crippen LogP) is 6.42. The summed E-state index contributed by atoms with van der Waals surface area (Å²) in [6, 6.07) is 2.08. The minimum absolute atomic E-state index is 0.0174. The summed E-state index contributed by atoms with van der Waals surface area (Å²) < 4.78 is 23.0. The second-order valence-corrected chi connectivity index (χ2v) is 14.5. The molecular weight excluding hydrogens is 530 g/mol. The van der Waals surface area contributed by atoms with Gasteiger partial charge in [-0.1, -0.05) is 25.5 Å². The Labute approximate surface area is 250 Å². The summed E-state index contributed by atoms with van der Waals surface area (Å²) in [5, 5.41) is 0. The highest BCUT2D eigenvalue weighted by Crippen LogP contribution is 2.66. The smallest absolute Gasteiger partial charge is 0.302 e. The monoisotopic (exact) mass is 577 g/mol. The van der Waals surface area contributed by atoms with Crippen molar-refractivity contribution in [3.05, 3.63) is 28.8 Å². The molecule has 1 aromatic rings. The second-order valence-electron chi connectivity index (χ2n) is 14.5. The van der Waals surface area contributed by atoms with Crippen LogP contribution in [0.15, 0.2) is 17.7 Å². The number of allylic oxidation sites excluding steroid dienone is 1. The summed E-state index contributed by atoms with van der Waals surface area (Å²) in [5.74, 6) is 4.42. The minimum Gasteiger partial charge on any atom is -0.492 e. The number of Topliss-reactive ketones (excluding diaryl/α,β-unsaturated/α-hetero) is 1. The molecule has 0 spiro atoms. The summed E-state index contributed by atoms with van der Waals surface area (Å²) in [7, 11) is 3.83. The number of ketones is 1. The van der Waals surface area contributed by atoms with Crippen molar-refractivity contribution < 1.29 is 28.5 Å². The average Bonchev–Trinajstić information content (AvgIpc) is 3.57. The molecule has 8 atom stereocenters. The Kier molecular flexibility index (Phi) is 6.91. The molecule has 0 bridgehead atoms. The van der Waals surface area contributed by atoms with Gasteiger partial charge in [0.05, 0.1) is 7.11 Å². The molecule has 0 saturated heterocycles. The Balaban J connectivity index is 1.11. The van der Waals surface area contributed by atoms with E-state index >= 15 is 0 Å². The lowest BCUT2D eigenvalue weighted by Crippen LogP contribution is -2.51. The molecule has 3 fully saturated rings. The van der Waals surface area contributed by atoms with Crippen LogP contribution in [0.5, 0.6) is 17.2 Å². The van der Waals surface area contributed by atoms with Gasteiger partial charge in [0.25, 0.3) is 0 Å². The molecule has 0 aromatic heterocycles. The zero-order valence-electron chi connectivity index (χ0n) is 26.0. The third-order valence-electron chi connectivity index (χ3n) is 12.7. The van der Waals surface area contributed by atoms with Crippen LogP contribution in [-0.2, 0) is 20.7 Å². The number of hydrogen-bond donors (Lipinski definition) is 0. The highest BCUT2D eigenvalue weighted by atomic mass is 16.7. The molecule has 7 rings (SSSR count). The van der Waals surface area contributed by atoms with Gasteiger partial charge in [-0.25, -0.2) is 0 Å². The molecule has 0 N–H and O–H groups in total. The lowest BCUT2D eigenvalue weighted by atomic mass is 9.47. The summed E-state index contributed by atoms with van der Waals surface area (Å²) in [6.45, 7) is 7.57. The number of fused-ring (bicyclic) bond motifs is 7. The highest BCUT2D eigenvalue weighted by Gasteiger charge is 2.60. The first-order valence-electron chi connectivity index (χ1n) is 16.2. The third-order valence-corrected chi connectivity index (χ3v) is 12.7. The van der Waals surface area contributed by atoms with Gasteiger partial charge < -0.3 is 18.9 Å². The summed E-state index contributed by atoms with van der Waals surface area (Å²) in [4.78, 5) is 28.3. The topological polar surface area (TPSA) is 74.3 Å². The Morgan fingerprint density at radius 3 is 2.71 bits per heavy atom. The van der Waals surface area contributed by atoms with E-state index in [4.69, 9.17) is 18.9 Å². The number of likely N-dealkylation sites (N-methyl/N-ethyl adjacent to an activating group) is 1. The first-order valence-corrected chi connectivity index (χ1v) is 16.2. The maximum absolute atomic E-state index is 14.4. The van der Waals surface area contributed by atoms with Crippen LogP contribution in [0.4, 0.5) is 0 Å². The van der Waals surface area contributed by atoms with E-state index in [0.717, 1.165) is 75.0 Å². The Hall–Kier alpha value is -2.54. The van der Waals surface area contributed by atoms with Gasteiger partial charge in [0.1, 0.15) is 11.9 Å². The van der Waals surface area contributed by atoms with E-state index in [1.54, 1.807) is 7.11 Å². The first kappa shape index (κ1) is 28.2. The molecule has 6 aliphatic rings. The number of methoxy groups -OCH3 is 1. The van der Waals surface area contributed by atoms with Crippen molar-refractivity contribution in [1.29, 1.82) is 0 Å². The van der Waals surface area contributed by atoms with Gasteiger partial charge in [0, 0.05) is 43.8 Å². The molecule has 2 heterocycles. The quantitative estimate of drug-likeness (QED) is 0.295. The fourth-order valence-electron chi connectivity index (χ4n) is 10.6. The molecule has 2 aliphatic heterocycles. The van der Waals surface area contributed by atoms with Gasteiger partial charge in [-0.2, -0.15) is 0 Å². The maximum atomic E-state index is 14.4. The third kappa shape index (κ3) is 4.23. The van der Waals surface area contributed by atoms with Gasteiger partial charge >= 0.3 is 5.97 Å². The predicted molar refractivity (Wildman–Crippen MR) is 159 cm³/mol. The lowest BCUT2D eigenvalue weighted by molar-refractivity contribution is -0.149. The van der Waals surface area contributed by atoms with Crippen molar-refractivity contribution in [3.63, 3.8) is 0 Å². The van der Waals surface area contributed by atoms with Crippen LogP contribution in [0.3, 0.4) is 0 Å². The highest BCUT2D eigenvalue weighted by molar-refractivity contribution is 5.83. The van der Waals surface area contributed by atoms with Crippen LogP contribution in [0, 0.1) is 34.5 Å². The molecule has 228 valence electrons. The molecule has 1 aromatic carbocycles. The zero-order valence-corrected chi connectivity index (χ0v) is 26.0. The van der Waals surface area contributed by atoms with Crippen molar-refractivity contribution in [2.45, 2.75) is 97.1 Å². The number of ether oxygens (including phenoxy) is 4.